The molecule has 0 saturated carbocycles. The Labute approximate surface area is 192 Å². The minimum Gasteiger partial charge on any atom is -0.192 e. The lowest BCUT2D eigenvalue weighted by atomic mass is 9.95. The zero-order chi connectivity index (χ0) is 21.4. The number of halogens is 4. The van der Waals surface area contributed by atoms with Gasteiger partial charge in [-0.2, -0.15) is 10.5 Å². The Bertz CT molecular complexity index is 1340. The average molecular weight is 468 g/mol. The molecule has 6 heteroatoms. The summed E-state index contributed by atoms with van der Waals surface area (Å²) in [7, 11) is 0. The highest BCUT2D eigenvalue weighted by molar-refractivity contribution is 6.50. The molecule has 0 saturated heterocycles. The number of rotatable bonds is 0. The molecule has 30 heavy (non-hydrogen) atoms. The first-order valence-electron chi connectivity index (χ1n) is 8.76. The predicted octanol–water partition coefficient (Wildman–Crippen LogP) is 8.63. The first-order chi connectivity index (χ1) is 14.5. The lowest BCUT2D eigenvalue weighted by molar-refractivity contribution is 1.45. The fourth-order valence-electron chi connectivity index (χ4n) is 3.50. The van der Waals surface area contributed by atoms with Crippen LogP contribution in [0.3, 0.4) is 0 Å². The summed E-state index contributed by atoms with van der Waals surface area (Å²) in [6.45, 7) is 0. The van der Waals surface area contributed by atoms with Gasteiger partial charge < -0.3 is 0 Å². The van der Waals surface area contributed by atoms with E-state index in [2.05, 4.69) is 60.7 Å². The monoisotopic (exact) mass is 466 g/mol. The van der Waals surface area contributed by atoms with Crippen molar-refractivity contribution < 1.29 is 0 Å². The van der Waals surface area contributed by atoms with E-state index < -0.39 is 0 Å². The van der Waals surface area contributed by atoms with E-state index in [0.29, 0.717) is 0 Å². The molecule has 5 rings (SSSR count). The predicted molar refractivity (Wildman–Crippen MR) is 126 cm³/mol. The van der Waals surface area contributed by atoms with Gasteiger partial charge in [0.05, 0.1) is 31.2 Å². The molecule has 0 aliphatic carbocycles. The number of nitrogens with zero attached hydrogens (tertiary/aromatic N) is 2. The Balaban J connectivity index is 0.000000147. The van der Waals surface area contributed by atoms with Crippen molar-refractivity contribution in [3.8, 4) is 12.1 Å². The van der Waals surface area contributed by atoms with Crippen molar-refractivity contribution in [3.05, 3.63) is 91.9 Å². The van der Waals surface area contributed by atoms with Crippen LogP contribution in [0.1, 0.15) is 11.1 Å². The largest absolute Gasteiger partial charge is 0.192 e. The van der Waals surface area contributed by atoms with Crippen molar-refractivity contribution in [2.75, 3.05) is 0 Å². The topological polar surface area (TPSA) is 47.6 Å². The minimum atomic E-state index is -0.0746. The fraction of sp³-hybridized carbons (Fsp3) is 0. The molecule has 5 aromatic rings. The third-order valence-corrected chi connectivity index (χ3v) is 6.59. The van der Waals surface area contributed by atoms with Crippen molar-refractivity contribution in [2.24, 2.45) is 0 Å². The first kappa shape index (κ1) is 20.5. The van der Waals surface area contributed by atoms with Crippen LogP contribution < -0.4 is 0 Å². The standard InChI is InChI=1S/C16H10.C8Cl4N2/c1-3-11-7-9-13-5-2-6-14-10-8-12(4-1)15(11)16(13)14;9-5-3(1-13)6(10)8(12)7(11)4(5)2-14/h1-10H;. The van der Waals surface area contributed by atoms with E-state index >= 15 is 0 Å². The second-order valence-electron chi connectivity index (χ2n) is 6.52. The summed E-state index contributed by atoms with van der Waals surface area (Å²) < 4.78 is 0. The summed E-state index contributed by atoms with van der Waals surface area (Å²) in [6.07, 6.45) is 0. The van der Waals surface area contributed by atoms with Gasteiger partial charge in [0.25, 0.3) is 0 Å². The van der Waals surface area contributed by atoms with Gasteiger partial charge in [0, 0.05) is 0 Å². The van der Waals surface area contributed by atoms with Crippen LogP contribution in [-0.4, -0.2) is 0 Å². The molecule has 144 valence electrons. The molecule has 0 bridgehead atoms. The van der Waals surface area contributed by atoms with Gasteiger partial charge in [0.15, 0.2) is 0 Å². The molecule has 0 amide bonds. The smallest absolute Gasteiger partial charge is 0.102 e. The van der Waals surface area contributed by atoms with E-state index in [4.69, 9.17) is 56.9 Å². The molecular formula is C24H10Cl4N2. The van der Waals surface area contributed by atoms with Crippen LogP contribution in [0.2, 0.25) is 20.1 Å². The molecule has 0 N–H and O–H groups in total. The quantitative estimate of drug-likeness (QED) is 0.130. The van der Waals surface area contributed by atoms with Crippen molar-refractivity contribution in [1.82, 2.24) is 0 Å². The molecule has 0 aromatic heterocycles. The van der Waals surface area contributed by atoms with Gasteiger partial charge in [-0.3, -0.25) is 0 Å². The van der Waals surface area contributed by atoms with Gasteiger partial charge in [0.1, 0.15) is 12.1 Å². The third-order valence-electron chi connectivity index (χ3n) is 4.88. The lowest BCUT2D eigenvalue weighted by Crippen LogP contribution is -1.89. The maximum atomic E-state index is 8.70. The molecular weight excluding hydrogens is 458 g/mol. The Morgan fingerprint density at radius 1 is 0.467 bits per heavy atom. The summed E-state index contributed by atoms with van der Waals surface area (Å²) in [5.41, 5.74) is -0.0847. The second kappa shape index (κ2) is 8.19. The number of nitriles is 2. The number of hydrogen-bond acceptors (Lipinski definition) is 2. The van der Waals surface area contributed by atoms with E-state index in [9.17, 15) is 0 Å². The van der Waals surface area contributed by atoms with Gasteiger partial charge in [0.2, 0.25) is 0 Å². The first-order valence-corrected chi connectivity index (χ1v) is 10.3. The molecule has 0 atom stereocenters. The molecule has 0 radical (unpaired) electrons. The highest BCUT2D eigenvalue weighted by Crippen LogP contribution is 2.40. The van der Waals surface area contributed by atoms with Gasteiger partial charge in [-0.1, -0.05) is 107 Å². The molecule has 0 aliphatic heterocycles. The summed E-state index contributed by atoms with van der Waals surface area (Å²) in [6, 6.07) is 25.4. The Morgan fingerprint density at radius 2 is 0.800 bits per heavy atom. The van der Waals surface area contributed by atoms with Crippen molar-refractivity contribution in [1.29, 1.82) is 10.5 Å². The van der Waals surface area contributed by atoms with Crippen molar-refractivity contribution in [2.45, 2.75) is 0 Å². The van der Waals surface area contributed by atoms with Gasteiger partial charge in [-0.15, -0.1) is 0 Å². The second-order valence-corrected chi connectivity index (χ2v) is 8.03. The van der Waals surface area contributed by atoms with Crippen LogP contribution >= 0.6 is 46.4 Å². The van der Waals surface area contributed by atoms with Crippen LogP contribution in [0.15, 0.2) is 60.7 Å². The van der Waals surface area contributed by atoms with Crippen LogP contribution in [0.5, 0.6) is 0 Å². The molecule has 0 aliphatic rings. The van der Waals surface area contributed by atoms with E-state index in [1.54, 1.807) is 12.1 Å². The van der Waals surface area contributed by atoms with Crippen LogP contribution in [0.25, 0.3) is 32.3 Å². The third kappa shape index (κ3) is 3.29. The van der Waals surface area contributed by atoms with Gasteiger partial charge >= 0.3 is 0 Å². The zero-order valence-corrected chi connectivity index (χ0v) is 18.2. The molecule has 0 fully saturated rings. The van der Waals surface area contributed by atoms with E-state index in [1.807, 2.05) is 0 Å². The fourth-order valence-corrected chi connectivity index (χ4v) is 4.57. The summed E-state index contributed by atoms with van der Waals surface area (Å²) in [5.74, 6) is 0. The highest BCUT2D eigenvalue weighted by atomic mass is 35.5. The highest BCUT2D eigenvalue weighted by Gasteiger charge is 2.19. The molecule has 5 aromatic carbocycles. The van der Waals surface area contributed by atoms with Crippen LogP contribution in [0, 0.1) is 22.7 Å². The Hall–Kier alpha value is -2.72. The van der Waals surface area contributed by atoms with Gasteiger partial charge in [-0.25, -0.2) is 0 Å². The van der Waals surface area contributed by atoms with Crippen LogP contribution in [-0.2, 0) is 0 Å². The summed E-state index contributed by atoms with van der Waals surface area (Å²) in [4.78, 5) is 0. The zero-order valence-electron chi connectivity index (χ0n) is 15.2. The molecule has 2 nitrogen and oxygen atoms in total. The summed E-state index contributed by atoms with van der Waals surface area (Å²) >= 11 is 22.8. The van der Waals surface area contributed by atoms with Crippen LogP contribution in [0.4, 0.5) is 0 Å². The lowest BCUT2D eigenvalue weighted by Gasteiger charge is -2.09. The van der Waals surface area contributed by atoms with Crippen molar-refractivity contribution in [3.63, 3.8) is 0 Å². The normalized spacial score (nSPS) is 10.6. The molecule has 0 spiro atoms. The number of hydrogen-bond donors (Lipinski definition) is 0. The maximum Gasteiger partial charge on any atom is 0.102 e. The Kier molecular flexibility index (Phi) is 5.61. The minimum absolute atomic E-state index is 0.0363. The van der Waals surface area contributed by atoms with E-state index in [1.165, 1.54) is 32.3 Å². The molecule has 0 unspecified atom stereocenters. The van der Waals surface area contributed by atoms with E-state index in [-0.39, 0.29) is 31.2 Å². The Morgan fingerprint density at radius 3 is 1.10 bits per heavy atom. The summed E-state index contributed by atoms with van der Waals surface area (Å²) in [5, 5.41) is 25.4. The number of benzene rings is 5. The van der Waals surface area contributed by atoms with Gasteiger partial charge in [-0.05, 0) is 32.3 Å². The van der Waals surface area contributed by atoms with Crippen molar-refractivity contribution >= 4 is 78.7 Å². The molecule has 0 heterocycles. The average Bonchev–Trinajstić information content (AvgIpc) is 2.77. The maximum absolute atomic E-state index is 8.70. The SMILES string of the molecule is N#Cc1c(Cl)c(Cl)c(Cl)c(C#N)c1Cl.c1cc2ccc3cccc4ccc(c1)c2c34. The van der Waals surface area contributed by atoms with E-state index in [0.717, 1.165) is 0 Å².